The average molecular weight is 329 g/mol. The lowest BCUT2D eigenvalue weighted by Crippen LogP contribution is -2.25. The topological polar surface area (TPSA) is 41.6 Å². The molecule has 0 aliphatic rings. The fourth-order valence-electron chi connectivity index (χ4n) is 1.66. The lowest BCUT2D eigenvalue weighted by Gasteiger charge is -2.16. The molecular formula is C14H21BrN2O2. The summed E-state index contributed by atoms with van der Waals surface area (Å²) < 4.78 is 5.90. The van der Waals surface area contributed by atoms with Crippen LogP contribution < -0.4 is 5.32 Å². The van der Waals surface area contributed by atoms with Crippen molar-refractivity contribution in [3.05, 3.63) is 28.7 Å². The number of benzene rings is 1. The summed E-state index contributed by atoms with van der Waals surface area (Å²) in [5, 5.41) is 2.90. The first-order valence-electron chi connectivity index (χ1n) is 6.35. The van der Waals surface area contributed by atoms with Crippen molar-refractivity contribution in [3.8, 4) is 0 Å². The molecule has 0 radical (unpaired) electrons. The van der Waals surface area contributed by atoms with Crippen LogP contribution in [-0.2, 0) is 9.53 Å². The number of rotatable bonds is 8. The number of nitrogens with zero attached hydrogens (tertiary/aromatic N) is 1. The Morgan fingerprint density at radius 2 is 2.11 bits per heavy atom. The van der Waals surface area contributed by atoms with Gasteiger partial charge in [0, 0.05) is 37.7 Å². The highest BCUT2D eigenvalue weighted by atomic mass is 79.9. The zero-order valence-corrected chi connectivity index (χ0v) is 13.1. The third-order valence-electron chi connectivity index (χ3n) is 2.76. The Morgan fingerprint density at radius 3 is 2.79 bits per heavy atom. The molecule has 1 aromatic carbocycles. The molecule has 0 spiro atoms. The molecule has 0 saturated heterocycles. The summed E-state index contributed by atoms with van der Waals surface area (Å²) in [6, 6.07) is 7.61. The van der Waals surface area contributed by atoms with Crippen LogP contribution in [0.4, 0.5) is 5.69 Å². The number of carbonyl (C=O) groups is 1. The molecule has 0 saturated carbocycles. The molecule has 0 aliphatic carbocycles. The first-order chi connectivity index (χ1) is 9.13. The summed E-state index contributed by atoms with van der Waals surface area (Å²) in [6.07, 6.45) is 1.48. The molecule has 0 unspecified atom stereocenters. The molecule has 0 bridgehead atoms. The van der Waals surface area contributed by atoms with Crippen LogP contribution in [-0.4, -0.2) is 44.7 Å². The van der Waals surface area contributed by atoms with Crippen molar-refractivity contribution in [3.63, 3.8) is 0 Å². The van der Waals surface area contributed by atoms with E-state index >= 15 is 0 Å². The molecule has 1 N–H and O–H groups in total. The van der Waals surface area contributed by atoms with E-state index in [9.17, 15) is 4.79 Å². The second-order valence-corrected chi connectivity index (χ2v) is 5.28. The van der Waals surface area contributed by atoms with Gasteiger partial charge in [-0.25, -0.2) is 0 Å². The lowest BCUT2D eigenvalue weighted by molar-refractivity contribution is -0.116. The first-order valence-corrected chi connectivity index (χ1v) is 7.14. The number of hydrogen-bond acceptors (Lipinski definition) is 3. The van der Waals surface area contributed by atoms with E-state index < -0.39 is 0 Å². The monoisotopic (exact) mass is 328 g/mol. The lowest BCUT2D eigenvalue weighted by atomic mass is 10.3. The van der Waals surface area contributed by atoms with E-state index in [1.165, 1.54) is 0 Å². The van der Waals surface area contributed by atoms with Crippen LogP contribution in [0.25, 0.3) is 0 Å². The van der Waals surface area contributed by atoms with E-state index in [0.29, 0.717) is 6.42 Å². The van der Waals surface area contributed by atoms with Crippen molar-refractivity contribution in [2.75, 3.05) is 39.2 Å². The Kier molecular flexibility index (Phi) is 7.70. The van der Waals surface area contributed by atoms with Gasteiger partial charge in [-0.1, -0.05) is 12.1 Å². The predicted molar refractivity (Wildman–Crippen MR) is 81.4 cm³/mol. The number of halogens is 1. The Morgan fingerprint density at radius 1 is 1.37 bits per heavy atom. The summed E-state index contributed by atoms with van der Waals surface area (Å²) >= 11 is 3.41. The van der Waals surface area contributed by atoms with Gasteiger partial charge in [-0.3, -0.25) is 4.79 Å². The van der Waals surface area contributed by atoms with Crippen LogP contribution in [0.3, 0.4) is 0 Å². The van der Waals surface area contributed by atoms with E-state index in [4.69, 9.17) is 4.74 Å². The maximum atomic E-state index is 11.8. The minimum absolute atomic E-state index is 0.0329. The summed E-state index contributed by atoms with van der Waals surface area (Å²) in [7, 11) is 3.71. The first kappa shape index (κ1) is 16.1. The second kappa shape index (κ2) is 9.07. The van der Waals surface area contributed by atoms with Crippen molar-refractivity contribution < 1.29 is 9.53 Å². The Balaban J connectivity index is 2.26. The molecule has 4 nitrogen and oxygen atoms in total. The largest absolute Gasteiger partial charge is 0.385 e. The van der Waals surface area contributed by atoms with Gasteiger partial charge in [-0.2, -0.15) is 0 Å². The van der Waals surface area contributed by atoms with Gasteiger partial charge in [0.25, 0.3) is 0 Å². The molecule has 19 heavy (non-hydrogen) atoms. The van der Waals surface area contributed by atoms with Gasteiger partial charge in [0.15, 0.2) is 0 Å². The van der Waals surface area contributed by atoms with Crippen LogP contribution in [0.15, 0.2) is 28.7 Å². The third-order valence-corrected chi connectivity index (χ3v) is 3.45. The van der Waals surface area contributed by atoms with Gasteiger partial charge in [0.2, 0.25) is 5.91 Å². The van der Waals surface area contributed by atoms with Gasteiger partial charge in [-0.15, -0.1) is 0 Å². The molecule has 0 heterocycles. The maximum absolute atomic E-state index is 11.8. The number of amides is 1. The minimum atomic E-state index is 0.0329. The van der Waals surface area contributed by atoms with Crippen molar-refractivity contribution in [1.29, 1.82) is 0 Å². The van der Waals surface area contributed by atoms with Crippen LogP contribution in [0, 0.1) is 0 Å². The van der Waals surface area contributed by atoms with Crippen LogP contribution >= 0.6 is 15.9 Å². The number of methoxy groups -OCH3 is 1. The quantitative estimate of drug-likeness (QED) is 0.746. The summed E-state index contributed by atoms with van der Waals surface area (Å²) in [4.78, 5) is 14.0. The smallest absolute Gasteiger partial charge is 0.225 e. The highest BCUT2D eigenvalue weighted by Gasteiger charge is 2.06. The van der Waals surface area contributed by atoms with Gasteiger partial charge >= 0.3 is 0 Å². The molecule has 0 atom stereocenters. The Labute approximate surface area is 123 Å². The number of carbonyl (C=O) groups excluding carboxylic acids is 1. The average Bonchev–Trinajstić information content (AvgIpc) is 2.39. The third kappa shape index (κ3) is 6.71. The fraction of sp³-hybridized carbons (Fsp3) is 0.500. The van der Waals surface area contributed by atoms with E-state index in [0.717, 1.165) is 36.3 Å². The maximum Gasteiger partial charge on any atom is 0.225 e. The molecule has 0 aromatic heterocycles. The number of para-hydroxylation sites is 1. The van der Waals surface area contributed by atoms with Crippen molar-refractivity contribution in [2.24, 2.45) is 0 Å². The van der Waals surface area contributed by atoms with Crippen LogP contribution in [0.1, 0.15) is 12.8 Å². The Hall–Kier alpha value is -0.910. The molecule has 0 fully saturated rings. The van der Waals surface area contributed by atoms with Crippen molar-refractivity contribution in [1.82, 2.24) is 4.90 Å². The number of ether oxygens (including phenoxy) is 1. The number of hydrogen-bond donors (Lipinski definition) is 1. The second-order valence-electron chi connectivity index (χ2n) is 4.43. The van der Waals surface area contributed by atoms with Gasteiger partial charge in [-0.05, 0) is 41.5 Å². The van der Waals surface area contributed by atoms with Crippen molar-refractivity contribution >= 4 is 27.5 Å². The van der Waals surface area contributed by atoms with Crippen LogP contribution in [0.2, 0.25) is 0 Å². The molecule has 1 amide bonds. The van der Waals surface area contributed by atoms with E-state index in [1.807, 2.05) is 31.3 Å². The highest BCUT2D eigenvalue weighted by Crippen LogP contribution is 2.21. The molecule has 5 heteroatoms. The normalized spacial score (nSPS) is 10.7. The molecule has 106 valence electrons. The fourth-order valence-corrected chi connectivity index (χ4v) is 2.04. The van der Waals surface area contributed by atoms with Gasteiger partial charge in [0.05, 0.1) is 5.69 Å². The number of anilines is 1. The predicted octanol–water partition coefficient (Wildman–Crippen LogP) is 2.75. The van der Waals surface area contributed by atoms with Gasteiger partial charge < -0.3 is 15.0 Å². The van der Waals surface area contributed by atoms with Crippen molar-refractivity contribution in [2.45, 2.75) is 12.8 Å². The highest BCUT2D eigenvalue weighted by molar-refractivity contribution is 9.10. The Bertz CT molecular complexity index is 399. The zero-order valence-electron chi connectivity index (χ0n) is 11.5. The SMILES string of the molecule is COCCCN(C)CCC(=O)Nc1ccccc1Br. The minimum Gasteiger partial charge on any atom is -0.385 e. The summed E-state index contributed by atoms with van der Waals surface area (Å²) in [5.41, 5.74) is 0.814. The van der Waals surface area contributed by atoms with Crippen LogP contribution in [0.5, 0.6) is 0 Å². The standard InChI is InChI=1S/C14H21BrN2O2/c1-17(9-5-11-19-2)10-8-14(18)16-13-7-4-3-6-12(13)15/h3-4,6-7H,5,8-11H2,1-2H3,(H,16,18). The molecular weight excluding hydrogens is 308 g/mol. The van der Waals surface area contributed by atoms with Gasteiger partial charge in [0.1, 0.15) is 0 Å². The summed E-state index contributed by atoms with van der Waals surface area (Å²) in [5.74, 6) is 0.0329. The number of nitrogens with one attached hydrogen (secondary N) is 1. The van der Waals surface area contributed by atoms with E-state index in [2.05, 4.69) is 26.1 Å². The zero-order chi connectivity index (χ0) is 14.1. The van der Waals surface area contributed by atoms with E-state index in [-0.39, 0.29) is 5.91 Å². The molecule has 1 rings (SSSR count). The van der Waals surface area contributed by atoms with E-state index in [1.54, 1.807) is 7.11 Å². The molecule has 0 aliphatic heterocycles. The summed E-state index contributed by atoms with van der Waals surface area (Å²) in [6.45, 7) is 2.45. The molecule has 1 aromatic rings.